The van der Waals surface area contributed by atoms with E-state index in [1.54, 1.807) is 24.5 Å². The Kier molecular flexibility index (Phi) is 8.20. The summed E-state index contributed by atoms with van der Waals surface area (Å²) in [4.78, 5) is 27.4. The average molecular weight is 575 g/mol. The van der Waals surface area contributed by atoms with E-state index in [0.717, 1.165) is 17.5 Å². The third-order valence-corrected chi connectivity index (χ3v) is 8.84. The molecule has 5 aromatic rings. The number of nitrogens with zero attached hydrogens (tertiary/aromatic N) is 4. The Morgan fingerprint density at radius 3 is 2.59 bits per heavy atom. The molecule has 0 radical (unpaired) electrons. The Balaban J connectivity index is 1.58. The average Bonchev–Trinajstić information content (AvgIpc) is 3.35. The molecule has 0 fully saturated rings. The first-order chi connectivity index (χ1) is 19.7. The highest BCUT2D eigenvalue weighted by Crippen LogP contribution is 2.32. The van der Waals surface area contributed by atoms with E-state index in [1.807, 2.05) is 60.8 Å². The smallest absolute Gasteiger partial charge is 0.259 e. The van der Waals surface area contributed by atoms with E-state index < -0.39 is 15.2 Å². The highest BCUT2D eigenvalue weighted by molar-refractivity contribution is 7.92. The molecule has 5 rings (SSSR count). The van der Waals surface area contributed by atoms with Gasteiger partial charge in [0, 0.05) is 13.1 Å². The second-order valence-electron chi connectivity index (χ2n) is 10.3. The van der Waals surface area contributed by atoms with E-state index >= 15 is 0 Å². The first kappa shape index (κ1) is 28.5. The predicted octanol–water partition coefficient (Wildman–Crippen LogP) is 3.79. The van der Waals surface area contributed by atoms with Crippen molar-refractivity contribution in [2.75, 3.05) is 27.2 Å². The number of benzene rings is 3. The van der Waals surface area contributed by atoms with Crippen LogP contribution in [0.4, 0.5) is 0 Å². The normalized spacial score (nSPS) is 12.8. The van der Waals surface area contributed by atoms with Crippen LogP contribution in [0.1, 0.15) is 25.3 Å². The maximum atomic E-state index is 13.4. The topological polar surface area (TPSA) is 136 Å². The van der Waals surface area contributed by atoms with Gasteiger partial charge in [-0.05, 0) is 62.8 Å². The van der Waals surface area contributed by atoms with Gasteiger partial charge in [0.1, 0.15) is 16.9 Å². The third-order valence-electron chi connectivity index (χ3n) is 6.90. The number of rotatable bonds is 11. The van der Waals surface area contributed by atoms with Gasteiger partial charge in [0.05, 0.1) is 45.3 Å². The van der Waals surface area contributed by atoms with Gasteiger partial charge in [0.15, 0.2) is 9.84 Å². The third kappa shape index (κ3) is 6.02. The molecule has 10 nitrogen and oxygen atoms in total. The van der Waals surface area contributed by atoms with Crippen molar-refractivity contribution < 1.29 is 13.2 Å². The lowest BCUT2D eigenvalue weighted by Crippen LogP contribution is -2.34. The highest BCUT2D eigenvalue weighted by Gasteiger charge is 2.26. The molecule has 0 aliphatic heterocycles. The van der Waals surface area contributed by atoms with E-state index in [-0.39, 0.29) is 22.7 Å². The van der Waals surface area contributed by atoms with E-state index in [1.165, 1.54) is 12.1 Å². The van der Waals surface area contributed by atoms with Crippen molar-refractivity contribution >= 4 is 31.8 Å². The minimum absolute atomic E-state index is 0.0421. The molecule has 3 N–H and O–H groups in total. The standard InChI is InChI=1S/C30H34N6O4S/c1-4-14-40-27-11-10-21(41(38,39)28(31)12-13-35(2)3)15-23(27)29-33-24-17-25-26(16-22(24)30(37)34-29)36(19-32-25)18-20-8-6-5-7-9-20/h5-11,15-17,19,28H,4,12-14,18,31H2,1-3H3,(H,33,34,37). The van der Waals surface area contributed by atoms with Crippen molar-refractivity contribution in [2.45, 2.75) is 36.6 Å². The van der Waals surface area contributed by atoms with Gasteiger partial charge in [-0.3, -0.25) is 4.79 Å². The zero-order valence-corrected chi connectivity index (χ0v) is 24.2. The number of sulfone groups is 1. The lowest BCUT2D eigenvalue weighted by molar-refractivity contribution is 0.318. The SMILES string of the molecule is CCCOc1ccc(S(=O)(=O)C(N)CCN(C)C)cc1-c1nc2cc3ncn(Cc4ccccc4)c3cc2c(=O)[nH]1. The molecule has 0 aliphatic carbocycles. The first-order valence-corrected chi connectivity index (χ1v) is 15.1. The van der Waals surface area contributed by atoms with E-state index in [0.29, 0.717) is 47.4 Å². The quantitative estimate of drug-likeness (QED) is 0.243. The van der Waals surface area contributed by atoms with Gasteiger partial charge in [0.25, 0.3) is 5.56 Å². The summed E-state index contributed by atoms with van der Waals surface area (Å²) in [5, 5.41) is -0.676. The van der Waals surface area contributed by atoms with Gasteiger partial charge < -0.3 is 24.9 Å². The van der Waals surface area contributed by atoms with Gasteiger partial charge in [0.2, 0.25) is 0 Å². The summed E-state index contributed by atoms with van der Waals surface area (Å²) in [5.41, 5.74) is 9.20. The molecule has 1 unspecified atom stereocenters. The molecule has 0 saturated heterocycles. The van der Waals surface area contributed by atoms with Gasteiger partial charge in [-0.1, -0.05) is 37.3 Å². The zero-order valence-electron chi connectivity index (χ0n) is 23.4. The number of aromatic amines is 1. The molecule has 41 heavy (non-hydrogen) atoms. The van der Waals surface area contributed by atoms with Crippen LogP contribution < -0.4 is 16.0 Å². The van der Waals surface area contributed by atoms with Crippen molar-refractivity contribution in [1.82, 2.24) is 24.4 Å². The number of nitrogens with two attached hydrogens (primary N) is 1. The maximum absolute atomic E-state index is 13.4. The predicted molar refractivity (Wildman–Crippen MR) is 161 cm³/mol. The van der Waals surface area contributed by atoms with Gasteiger partial charge in [-0.15, -0.1) is 0 Å². The van der Waals surface area contributed by atoms with Crippen LogP contribution in [0.5, 0.6) is 5.75 Å². The molecule has 0 aliphatic rings. The van der Waals surface area contributed by atoms with Crippen molar-refractivity contribution in [3.05, 3.63) is 82.9 Å². The molecule has 214 valence electrons. The van der Waals surface area contributed by atoms with Gasteiger partial charge in [-0.25, -0.2) is 18.4 Å². The molecular formula is C30H34N6O4S. The number of fused-ring (bicyclic) bond motifs is 2. The fourth-order valence-electron chi connectivity index (χ4n) is 4.65. The van der Waals surface area contributed by atoms with Gasteiger partial charge in [-0.2, -0.15) is 0 Å². The molecule has 3 aromatic carbocycles. The monoisotopic (exact) mass is 574 g/mol. The number of imidazole rings is 1. The fraction of sp³-hybridized carbons (Fsp3) is 0.300. The van der Waals surface area contributed by atoms with Crippen LogP contribution in [0.15, 0.2) is 76.7 Å². The Morgan fingerprint density at radius 1 is 1.07 bits per heavy atom. The second kappa shape index (κ2) is 11.8. The summed E-state index contributed by atoms with van der Waals surface area (Å²) in [7, 11) is -0.121. The number of hydrogen-bond donors (Lipinski definition) is 2. The summed E-state index contributed by atoms with van der Waals surface area (Å²) >= 11 is 0. The Bertz CT molecular complexity index is 1850. The maximum Gasteiger partial charge on any atom is 0.259 e. The lowest BCUT2D eigenvalue weighted by Gasteiger charge is -2.17. The van der Waals surface area contributed by atoms with Gasteiger partial charge >= 0.3 is 0 Å². The van der Waals surface area contributed by atoms with Crippen molar-refractivity contribution in [2.24, 2.45) is 5.73 Å². The summed E-state index contributed by atoms with van der Waals surface area (Å²) in [6.07, 6.45) is 2.77. The minimum Gasteiger partial charge on any atom is -0.493 e. The number of aromatic nitrogens is 4. The number of ether oxygens (including phenoxy) is 1. The summed E-state index contributed by atoms with van der Waals surface area (Å²) < 4.78 is 34.6. The molecule has 11 heteroatoms. The second-order valence-corrected chi connectivity index (χ2v) is 12.5. The van der Waals surface area contributed by atoms with Crippen LogP contribution >= 0.6 is 0 Å². The lowest BCUT2D eigenvalue weighted by atomic mass is 10.1. The van der Waals surface area contributed by atoms with Crippen molar-refractivity contribution in [3.8, 4) is 17.1 Å². The number of H-pyrrole nitrogens is 1. The number of nitrogens with one attached hydrogen (secondary N) is 1. The first-order valence-electron chi connectivity index (χ1n) is 13.5. The Hall–Kier alpha value is -4.06. The minimum atomic E-state index is -3.84. The van der Waals surface area contributed by atoms with Crippen LogP contribution in [0, 0.1) is 0 Å². The zero-order chi connectivity index (χ0) is 29.1. The van der Waals surface area contributed by atoms with Crippen LogP contribution in [-0.4, -0.2) is 65.5 Å². The Morgan fingerprint density at radius 2 is 1.85 bits per heavy atom. The van der Waals surface area contributed by atoms with Crippen LogP contribution in [0.25, 0.3) is 33.3 Å². The van der Waals surface area contributed by atoms with E-state index in [9.17, 15) is 13.2 Å². The fourth-order valence-corrected chi connectivity index (χ4v) is 5.95. The molecule has 2 heterocycles. The molecule has 0 saturated carbocycles. The van der Waals surface area contributed by atoms with Crippen molar-refractivity contribution in [1.29, 1.82) is 0 Å². The molecule has 0 bridgehead atoms. The van der Waals surface area contributed by atoms with Crippen molar-refractivity contribution in [3.63, 3.8) is 0 Å². The van der Waals surface area contributed by atoms with Crippen LogP contribution in [0.3, 0.4) is 0 Å². The van der Waals surface area contributed by atoms with Crippen LogP contribution in [-0.2, 0) is 16.4 Å². The van der Waals surface area contributed by atoms with E-state index in [4.69, 9.17) is 15.5 Å². The number of hydrogen-bond acceptors (Lipinski definition) is 8. The largest absolute Gasteiger partial charge is 0.493 e. The molecule has 2 aromatic heterocycles. The summed E-state index contributed by atoms with van der Waals surface area (Å²) in [6.45, 7) is 3.53. The van der Waals surface area contributed by atoms with Crippen LogP contribution in [0.2, 0.25) is 0 Å². The summed E-state index contributed by atoms with van der Waals surface area (Å²) in [6, 6.07) is 18.1. The highest BCUT2D eigenvalue weighted by atomic mass is 32.2. The Labute approximate surface area is 238 Å². The molecular weight excluding hydrogens is 540 g/mol. The molecule has 0 spiro atoms. The molecule has 1 atom stereocenters. The summed E-state index contributed by atoms with van der Waals surface area (Å²) in [5.74, 6) is 0.624. The van der Waals surface area contributed by atoms with E-state index in [2.05, 4.69) is 9.97 Å². The molecule has 0 amide bonds.